The Morgan fingerprint density at radius 2 is 1.85 bits per heavy atom. The van der Waals surface area contributed by atoms with Gasteiger partial charge in [-0.15, -0.1) is 0 Å². The van der Waals surface area contributed by atoms with E-state index in [-0.39, 0.29) is 12.6 Å². The van der Waals surface area contributed by atoms with Gasteiger partial charge in [0.1, 0.15) is 24.6 Å². The summed E-state index contributed by atoms with van der Waals surface area (Å²) >= 11 is 0. The van der Waals surface area contributed by atoms with E-state index in [1.54, 1.807) is 12.3 Å². The highest BCUT2D eigenvalue weighted by atomic mass is 19.3. The molecule has 1 aromatic carbocycles. The average molecular weight is 373 g/mol. The molecule has 4 rings (SSSR count). The van der Waals surface area contributed by atoms with E-state index in [2.05, 4.69) is 15.2 Å². The van der Waals surface area contributed by atoms with E-state index in [1.807, 2.05) is 35.0 Å². The Balaban J connectivity index is 1.58. The fraction of sp³-hybridized carbons (Fsp3) is 0.421. The van der Waals surface area contributed by atoms with E-state index in [9.17, 15) is 8.78 Å². The molecule has 0 radical (unpaired) electrons. The third-order valence-electron chi connectivity index (χ3n) is 4.65. The number of ether oxygens (including phenoxy) is 1. The molecule has 0 spiro atoms. The topological polar surface area (TPSA) is 57.8 Å². The van der Waals surface area contributed by atoms with Crippen molar-refractivity contribution < 1.29 is 13.5 Å². The smallest absolute Gasteiger partial charge is 0.257 e. The Labute approximate surface area is 155 Å². The van der Waals surface area contributed by atoms with E-state index in [1.165, 1.54) is 4.68 Å². The maximum Gasteiger partial charge on any atom is 0.257 e. The van der Waals surface area contributed by atoms with Crippen LogP contribution in [0.15, 0.2) is 42.6 Å². The quantitative estimate of drug-likeness (QED) is 0.626. The van der Waals surface area contributed by atoms with Crippen LogP contribution in [-0.4, -0.2) is 31.0 Å². The number of para-hydroxylation sites is 1. The average Bonchev–Trinajstić information content (AvgIpc) is 3.40. The van der Waals surface area contributed by atoms with Crippen LogP contribution in [0.25, 0.3) is 11.5 Å². The number of aromatic nitrogens is 5. The number of hydrogen-bond donors (Lipinski definition) is 0. The lowest BCUT2D eigenvalue weighted by molar-refractivity contribution is 0.122. The maximum atomic E-state index is 12.6. The van der Waals surface area contributed by atoms with Gasteiger partial charge in [-0.1, -0.05) is 31.0 Å². The largest absolute Gasteiger partial charge is 0.486 e. The fourth-order valence-corrected chi connectivity index (χ4v) is 3.40. The van der Waals surface area contributed by atoms with Crippen molar-refractivity contribution in [1.29, 1.82) is 0 Å². The predicted molar refractivity (Wildman–Crippen MR) is 95.5 cm³/mol. The molecule has 27 heavy (non-hydrogen) atoms. The van der Waals surface area contributed by atoms with Crippen LogP contribution in [0.3, 0.4) is 0 Å². The van der Waals surface area contributed by atoms with Gasteiger partial charge in [-0.2, -0.15) is 10.2 Å². The van der Waals surface area contributed by atoms with E-state index >= 15 is 0 Å². The van der Waals surface area contributed by atoms with Gasteiger partial charge in [0, 0.05) is 6.20 Å². The number of hydrogen-bond acceptors (Lipinski definition) is 4. The lowest BCUT2D eigenvalue weighted by atomic mass is 10.2. The molecule has 0 bridgehead atoms. The van der Waals surface area contributed by atoms with Gasteiger partial charge in [0.25, 0.3) is 6.43 Å². The lowest BCUT2D eigenvalue weighted by Gasteiger charge is -2.11. The standard InChI is InChI=1S/C19H21F2N5O/c20-17(21)12-25-11-10-16(23-25)19-22-18(13-27-15-8-2-1-3-9-15)24-26(19)14-6-4-5-7-14/h1-3,8-11,14,17H,4-7,12-13H2. The number of benzene rings is 1. The summed E-state index contributed by atoms with van der Waals surface area (Å²) in [6.45, 7) is -0.185. The normalized spacial score (nSPS) is 14.9. The molecular weight excluding hydrogens is 352 g/mol. The molecule has 1 aliphatic rings. The molecule has 0 amide bonds. The second kappa shape index (κ2) is 7.85. The second-order valence-corrected chi connectivity index (χ2v) is 6.65. The summed E-state index contributed by atoms with van der Waals surface area (Å²) in [5, 5.41) is 8.89. The monoisotopic (exact) mass is 373 g/mol. The van der Waals surface area contributed by atoms with Gasteiger partial charge in [-0.3, -0.25) is 4.68 Å². The van der Waals surface area contributed by atoms with Crippen molar-refractivity contribution in [2.45, 2.75) is 51.3 Å². The summed E-state index contributed by atoms with van der Waals surface area (Å²) < 4.78 is 34.1. The van der Waals surface area contributed by atoms with Gasteiger partial charge >= 0.3 is 0 Å². The molecular formula is C19H21F2N5O. The number of rotatable bonds is 7. The fourth-order valence-electron chi connectivity index (χ4n) is 3.40. The molecule has 1 fully saturated rings. The Bertz CT molecular complexity index is 871. The Morgan fingerprint density at radius 3 is 2.59 bits per heavy atom. The van der Waals surface area contributed by atoms with Gasteiger partial charge < -0.3 is 4.74 Å². The van der Waals surface area contributed by atoms with Crippen molar-refractivity contribution >= 4 is 0 Å². The van der Waals surface area contributed by atoms with Crippen LogP contribution >= 0.6 is 0 Å². The molecule has 0 saturated heterocycles. The molecule has 1 saturated carbocycles. The molecule has 3 aromatic rings. The van der Waals surface area contributed by atoms with Crippen molar-refractivity contribution in [2.24, 2.45) is 0 Å². The molecule has 0 N–H and O–H groups in total. The van der Waals surface area contributed by atoms with Gasteiger partial charge in [0.15, 0.2) is 11.6 Å². The van der Waals surface area contributed by atoms with E-state index in [0.29, 0.717) is 17.3 Å². The first-order valence-electron chi connectivity index (χ1n) is 9.14. The SMILES string of the molecule is FC(F)Cn1ccc(-c2nc(COc3ccccc3)nn2C2CCCC2)n1. The molecule has 6 nitrogen and oxygen atoms in total. The summed E-state index contributed by atoms with van der Waals surface area (Å²) in [6, 6.07) is 11.5. The van der Waals surface area contributed by atoms with Crippen LogP contribution in [0.1, 0.15) is 37.5 Å². The molecule has 8 heteroatoms. The van der Waals surface area contributed by atoms with Crippen LogP contribution in [0.4, 0.5) is 8.78 Å². The summed E-state index contributed by atoms with van der Waals surface area (Å²) in [5.74, 6) is 1.92. The first kappa shape index (κ1) is 17.6. The van der Waals surface area contributed by atoms with Crippen LogP contribution < -0.4 is 4.74 Å². The van der Waals surface area contributed by atoms with Crippen LogP contribution in [0.5, 0.6) is 5.75 Å². The zero-order valence-electron chi connectivity index (χ0n) is 14.8. The molecule has 0 aliphatic heterocycles. The van der Waals surface area contributed by atoms with Crippen molar-refractivity contribution in [3.63, 3.8) is 0 Å². The Morgan fingerprint density at radius 1 is 1.07 bits per heavy atom. The molecule has 0 atom stereocenters. The highest BCUT2D eigenvalue weighted by molar-refractivity contribution is 5.48. The molecule has 142 valence electrons. The summed E-state index contributed by atoms with van der Waals surface area (Å²) in [5.41, 5.74) is 0.556. The minimum absolute atomic E-state index is 0.245. The highest BCUT2D eigenvalue weighted by Gasteiger charge is 2.24. The highest BCUT2D eigenvalue weighted by Crippen LogP contribution is 2.32. The van der Waals surface area contributed by atoms with Crippen molar-refractivity contribution in [1.82, 2.24) is 24.5 Å². The zero-order chi connectivity index (χ0) is 18.6. The number of alkyl halides is 2. The summed E-state index contributed by atoms with van der Waals surface area (Å²) in [7, 11) is 0. The zero-order valence-corrected chi connectivity index (χ0v) is 14.8. The third-order valence-corrected chi connectivity index (χ3v) is 4.65. The van der Waals surface area contributed by atoms with Gasteiger partial charge in [-0.05, 0) is 31.0 Å². The van der Waals surface area contributed by atoms with Gasteiger partial charge in [-0.25, -0.2) is 18.4 Å². The molecule has 1 aliphatic carbocycles. The minimum atomic E-state index is -2.44. The molecule has 0 unspecified atom stereocenters. The van der Waals surface area contributed by atoms with E-state index in [4.69, 9.17) is 4.74 Å². The van der Waals surface area contributed by atoms with Crippen LogP contribution in [-0.2, 0) is 13.2 Å². The third kappa shape index (κ3) is 4.15. The predicted octanol–water partition coefficient (Wildman–Crippen LogP) is 4.10. The maximum absolute atomic E-state index is 12.6. The van der Waals surface area contributed by atoms with Crippen molar-refractivity contribution in [2.75, 3.05) is 0 Å². The summed E-state index contributed by atoms with van der Waals surface area (Å²) in [4.78, 5) is 4.60. The number of nitrogens with zero attached hydrogens (tertiary/aromatic N) is 5. The first-order valence-corrected chi connectivity index (χ1v) is 9.14. The van der Waals surface area contributed by atoms with Crippen LogP contribution in [0, 0.1) is 0 Å². The molecule has 2 heterocycles. The number of halogens is 2. The second-order valence-electron chi connectivity index (χ2n) is 6.65. The Kier molecular flexibility index (Phi) is 5.13. The van der Waals surface area contributed by atoms with Crippen molar-refractivity contribution in [3.05, 3.63) is 48.4 Å². The van der Waals surface area contributed by atoms with Crippen molar-refractivity contribution in [3.8, 4) is 17.3 Å². The Hall–Kier alpha value is -2.77. The van der Waals surface area contributed by atoms with E-state index < -0.39 is 13.0 Å². The molecule has 2 aromatic heterocycles. The summed E-state index contributed by atoms with van der Waals surface area (Å²) in [6.07, 6.45) is 3.48. The minimum Gasteiger partial charge on any atom is -0.486 e. The van der Waals surface area contributed by atoms with Gasteiger partial charge in [0.05, 0.1) is 6.04 Å². The van der Waals surface area contributed by atoms with Crippen LogP contribution in [0.2, 0.25) is 0 Å². The van der Waals surface area contributed by atoms with E-state index in [0.717, 1.165) is 31.4 Å². The first-order chi connectivity index (χ1) is 13.2. The van der Waals surface area contributed by atoms with Gasteiger partial charge in [0.2, 0.25) is 0 Å². The lowest BCUT2D eigenvalue weighted by Crippen LogP contribution is -2.10.